The maximum Gasteiger partial charge on any atom is 0.325 e. The third-order valence-corrected chi connectivity index (χ3v) is 2.78. The molecule has 2 rings (SSSR count). The van der Waals surface area contributed by atoms with Crippen molar-refractivity contribution in [2.75, 3.05) is 0 Å². The maximum atomic E-state index is 11.8. The van der Waals surface area contributed by atoms with Crippen LogP contribution in [0, 0.1) is 0 Å². The molecule has 0 amide bonds. The van der Waals surface area contributed by atoms with Crippen molar-refractivity contribution in [3.63, 3.8) is 0 Å². The lowest BCUT2D eigenvalue weighted by molar-refractivity contribution is -0.150. The Bertz CT molecular complexity index is 383. The molecule has 92 valence electrons. The molecule has 3 unspecified atom stereocenters. The minimum atomic E-state index is -0.365. The quantitative estimate of drug-likeness (QED) is 0.663. The summed E-state index contributed by atoms with van der Waals surface area (Å²) in [5, 5.41) is 0. The molecule has 0 spiro atoms. The van der Waals surface area contributed by atoms with Crippen LogP contribution in [0.25, 0.3) is 0 Å². The van der Waals surface area contributed by atoms with E-state index in [-0.39, 0.29) is 24.3 Å². The third-order valence-electron chi connectivity index (χ3n) is 2.78. The van der Waals surface area contributed by atoms with Gasteiger partial charge in [0.05, 0.1) is 6.17 Å². The van der Waals surface area contributed by atoms with Gasteiger partial charge in [0.2, 0.25) is 0 Å². The van der Waals surface area contributed by atoms with E-state index in [9.17, 15) is 4.79 Å². The predicted octanol–water partition coefficient (Wildman–Crippen LogP) is 0.442. The number of nitrogens with one attached hydrogen (secondary N) is 2. The molecule has 1 aliphatic heterocycles. The molecule has 1 heterocycles. The molecule has 17 heavy (non-hydrogen) atoms. The third kappa shape index (κ3) is 3.03. The average molecular weight is 235 g/mol. The number of rotatable bonds is 3. The zero-order valence-corrected chi connectivity index (χ0v) is 9.72. The smallest absolute Gasteiger partial charge is 0.325 e. The first-order valence-corrected chi connectivity index (χ1v) is 5.69. The number of benzene rings is 1. The standard InChI is InChI=1S/C12H17N3O2/c1-8(9-5-3-2-4-6-9)17-12(16)10-7-11(13)15-14-10/h2-6,8,10-11,14-15H,7,13H2,1H3. The van der Waals surface area contributed by atoms with Crippen LogP contribution in [0.2, 0.25) is 0 Å². The number of hydrazine groups is 1. The van der Waals surface area contributed by atoms with Crippen LogP contribution in [-0.4, -0.2) is 18.2 Å². The zero-order valence-electron chi connectivity index (χ0n) is 9.72. The van der Waals surface area contributed by atoms with Gasteiger partial charge in [-0.1, -0.05) is 30.3 Å². The highest BCUT2D eigenvalue weighted by Crippen LogP contribution is 2.17. The lowest BCUT2D eigenvalue weighted by Gasteiger charge is -2.16. The highest BCUT2D eigenvalue weighted by Gasteiger charge is 2.29. The second kappa shape index (κ2) is 5.27. The average Bonchev–Trinajstić information content (AvgIpc) is 2.77. The fourth-order valence-corrected chi connectivity index (χ4v) is 1.78. The number of carbonyl (C=O) groups is 1. The highest BCUT2D eigenvalue weighted by atomic mass is 16.5. The van der Waals surface area contributed by atoms with E-state index in [0.29, 0.717) is 6.42 Å². The van der Waals surface area contributed by atoms with Gasteiger partial charge in [-0.25, -0.2) is 10.9 Å². The summed E-state index contributed by atoms with van der Waals surface area (Å²) >= 11 is 0. The number of hydrogen-bond acceptors (Lipinski definition) is 5. The molecule has 0 aromatic heterocycles. The fourth-order valence-electron chi connectivity index (χ4n) is 1.78. The van der Waals surface area contributed by atoms with Gasteiger partial charge in [-0.2, -0.15) is 0 Å². The molecule has 1 saturated heterocycles. The van der Waals surface area contributed by atoms with Gasteiger partial charge in [-0.15, -0.1) is 0 Å². The number of carbonyl (C=O) groups excluding carboxylic acids is 1. The Morgan fingerprint density at radius 3 is 2.71 bits per heavy atom. The Kier molecular flexibility index (Phi) is 3.73. The summed E-state index contributed by atoms with van der Waals surface area (Å²) < 4.78 is 5.37. The summed E-state index contributed by atoms with van der Waals surface area (Å²) in [7, 11) is 0. The van der Waals surface area contributed by atoms with E-state index in [1.54, 1.807) is 0 Å². The number of nitrogens with two attached hydrogens (primary N) is 1. The van der Waals surface area contributed by atoms with Crippen molar-refractivity contribution < 1.29 is 9.53 Å². The summed E-state index contributed by atoms with van der Waals surface area (Å²) in [5.41, 5.74) is 12.2. The minimum Gasteiger partial charge on any atom is -0.457 e. The van der Waals surface area contributed by atoms with E-state index < -0.39 is 0 Å². The molecule has 0 saturated carbocycles. The molecule has 3 atom stereocenters. The Balaban J connectivity index is 1.91. The van der Waals surface area contributed by atoms with Crippen molar-refractivity contribution >= 4 is 5.97 Å². The first-order chi connectivity index (χ1) is 8.16. The molecular weight excluding hydrogens is 218 g/mol. The normalized spacial score (nSPS) is 25.5. The molecule has 5 heteroatoms. The number of hydrogen-bond donors (Lipinski definition) is 3. The van der Waals surface area contributed by atoms with E-state index in [2.05, 4.69) is 10.9 Å². The van der Waals surface area contributed by atoms with Crippen LogP contribution in [0.4, 0.5) is 0 Å². The Morgan fingerprint density at radius 1 is 1.41 bits per heavy atom. The van der Waals surface area contributed by atoms with Crippen molar-refractivity contribution in [3.8, 4) is 0 Å². The Morgan fingerprint density at radius 2 is 2.12 bits per heavy atom. The van der Waals surface area contributed by atoms with Gasteiger partial charge >= 0.3 is 5.97 Å². The molecule has 0 aliphatic carbocycles. The SMILES string of the molecule is CC(OC(=O)C1CC(N)NN1)c1ccccc1. The van der Waals surface area contributed by atoms with E-state index in [0.717, 1.165) is 5.56 Å². The second-order valence-electron chi connectivity index (χ2n) is 4.17. The molecular formula is C12H17N3O2. The van der Waals surface area contributed by atoms with Crippen LogP contribution in [0.5, 0.6) is 0 Å². The van der Waals surface area contributed by atoms with Crippen molar-refractivity contribution in [1.82, 2.24) is 10.9 Å². The van der Waals surface area contributed by atoms with Gasteiger partial charge in [0, 0.05) is 6.42 Å². The van der Waals surface area contributed by atoms with Crippen LogP contribution in [0.1, 0.15) is 25.0 Å². The van der Waals surface area contributed by atoms with Crippen molar-refractivity contribution in [2.45, 2.75) is 31.7 Å². The molecule has 1 aliphatic rings. The monoisotopic (exact) mass is 235 g/mol. The van der Waals surface area contributed by atoms with Crippen molar-refractivity contribution in [1.29, 1.82) is 0 Å². The lowest BCUT2D eigenvalue weighted by atomic mass is 10.1. The second-order valence-corrected chi connectivity index (χ2v) is 4.17. The van der Waals surface area contributed by atoms with Crippen LogP contribution in [0.15, 0.2) is 30.3 Å². The largest absolute Gasteiger partial charge is 0.457 e. The van der Waals surface area contributed by atoms with Crippen LogP contribution < -0.4 is 16.6 Å². The Labute approximate surface area is 100 Å². The molecule has 0 radical (unpaired) electrons. The zero-order chi connectivity index (χ0) is 12.3. The van der Waals surface area contributed by atoms with Gasteiger partial charge < -0.3 is 10.5 Å². The van der Waals surface area contributed by atoms with E-state index in [1.807, 2.05) is 37.3 Å². The van der Waals surface area contributed by atoms with Crippen LogP contribution >= 0.6 is 0 Å². The molecule has 1 aromatic carbocycles. The summed E-state index contributed by atoms with van der Waals surface area (Å²) in [6.07, 6.45) is 0.0993. The topological polar surface area (TPSA) is 76.4 Å². The first-order valence-electron chi connectivity index (χ1n) is 5.69. The van der Waals surface area contributed by atoms with Gasteiger partial charge in [-0.3, -0.25) is 4.79 Å². The summed E-state index contributed by atoms with van der Waals surface area (Å²) in [5.74, 6) is -0.276. The molecule has 5 nitrogen and oxygen atoms in total. The maximum absolute atomic E-state index is 11.8. The molecule has 1 fully saturated rings. The van der Waals surface area contributed by atoms with Crippen molar-refractivity contribution in [3.05, 3.63) is 35.9 Å². The molecule has 1 aromatic rings. The van der Waals surface area contributed by atoms with Crippen molar-refractivity contribution in [2.24, 2.45) is 5.73 Å². The van der Waals surface area contributed by atoms with Gasteiger partial charge in [-0.05, 0) is 12.5 Å². The summed E-state index contributed by atoms with van der Waals surface area (Å²) in [4.78, 5) is 11.8. The van der Waals surface area contributed by atoms with Gasteiger partial charge in [0.1, 0.15) is 12.1 Å². The predicted molar refractivity (Wildman–Crippen MR) is 63.6 cm³/mol. The van der Waals surface area contributed by atoms with Gasteiger partial charge in [0.25, 0.3) is 0 Å². The summed E-state index contributed by atoms with van der Waals surface area (Å²) in [6.45, 7) is 1.86. The van der Waals surface area contributed by atoms with Gasteiger partial charge in [0.15, 0.2) is 0 Å². The Hall–Kier alpha value is -1.43. The fraction of sp³-hybridized carbons (Fsp3) is 0.417. The number of ether oxygens (including phenoxy) is 1. The van der Waals surface area contributed by atoms with Crippen LogP contribution in [-0.2, 0) is 9.53 Å². The lowest BCUT2D eigenvalue weighted by Crippen LogP contribution is -2.40. The number of esters is 1. The van der Waals surface area contributed by atoms with Crippen LogP contribution in [0.3, 0.4) is 0 Å². The van der Waals surface area contributed by atoms with E-state index in [1.165, 1.54) is 0 Å². The first kappa shape index (κ1) is 12.0. The minimum absolute atomic E-state index is 0.195. The highest BCUT2D eigenvalue weighted by molar-refractivity contribution is 5.76. The summed E-state index contributed by atoms with van der Waals surface area (Å²) in [6, 6.07) is 9.28. The van der Waals surface area contributed by atoms with E-state index in [4.69, 9.17) is 10.5 Å². The molecule has 4 N–H and O–H groups in total. The van der Waals surface area contributed by atoms with E-state index >= 15 is 0 Å². The molecule has 0 bridgehead atoms.